The van der Waals surface area contributed by atoms with E-state index in [1.165, 1.54) is 0 Å². The van der Waals surface area contributed by atoms with Crippen molar-refractivity contribution in [1.82, 2.24) is 4.90 Å². The van der Waals surface area contributed by atoms with Crippen molar-refractivity contribution in [3.63, 3.8) is 0 Å². The molecule has 4 nitrogen and oxygen atoms in total. The summed E-state index contributed by atoms with van der Waals surface area (Å²) in [5.41, 5.74) is 0. The van der Waals surface area contributed by atoms with E-state index in [0.717, 1.165) is 19.3 Å². The summed E-state index contributed by atoms with van der Waals surface area (Å²) in [4.78, 5) is 24.7. The quantitative estimate of drug-likeness (QED) is 0.796. The molecule has 0 saturated carbocycles. The Balaban J connectivity index is 2.72. The van der Waals surface area contributed by atoms with E-state index in [1.807, 2.05) is 20.8 Å². The van der Waals surface area contributed by atoms with Crippen LogP contribution in [0.25, 0.3) is 0 Å². The lowest BCUT2D eigenvalue weighted by Crippen LogP contribution is -2.44. The summed E-state index contributed by atoms with van der Waals surface area (Å²) in [7, 11) is 0. The third-order valence-corrected chi connectivity index (χ3v) is 3.38. The first-order chi connectivity index (χ1) is 7.49. The van der Waals surface area contributed by atoms with Crippen LogP contribution in [0.3, 0.4) is 0 Å². The highest BCUT2D eigenvalue weighted by atomic mass is 16.4. The summed E-state index contributed by atoms with van der Waals surface area (Å²) >= 11 is 0. The predicted octanol–water partition coefficient (Wildman–Crippen LogP) is 1.74. The average molecular weight is 227 g/mol. The van der Waals surface area contributed by atoms with Gasteiger partial charge < -0.3 is 10.0 Å². The zero-order chi connectivity index (χ0) is 12.3. The van der Waals surface area contributed by atoms with Crippen molar-refractivity contribution < 1.29 is 14.7 Å². The minimum absolute atomic E-state index is 0.00130. The predicted molar refractivity (Wildman–Crippen MR) is 61.0 cm³/mol. The molecule has 1 aliphatic rings. The zero-order valence-electron chi connectivity index (χ0n) is 10.3. The molecule has 1 rings (SSSR count). The zero-order valence-corrected chi connectivity index (χ0v) is 10.3. The van der Waals surface area contributed by atoms with Crippen molar-refractivity contribution >= 4 is 11.9 Å². The number of rotatable bonds is 4. The molecule has 1 fully saturated rings. The van der Waals surface area contributed by atoms with Gasteiger partial charge in [-0.1, -0.05) is 27.2 Å². The van der Waals surface area contributed by atoms with Crippen molar-refractivity contribution in [2.45, 2.75) is 46.1 Å². The first-order valence-electron chi connectivity index (χ1n) is 6.02. The smallest absolute Gasteiger partial charge is 0.326 e. The van der Waals surface area contributed by atoms with Crippen molar-refractivity contribution in [2.24, 2.45) is 11.8 Å². The van der Waals surface area contributed by atoms with E-state index < -0.39 is 12.0 Å². The van der Waals surface area contributed by atoms with E-state index in [1.54, 1.807) is 4.90 Å². The van der Waals surface area contributed by atoms with Gasteiger partial charge in [0.25, 0.3) is 0 Å². The Morgan fingerprint density at radius 2 is 2.12 bits per heavy atom. The van der Waals surface area contributed by atoms with Crippen LogP contribution in [-0.2, 0) is 9.59 Å². The molecule has 1 aliphatic heterocycles. The molecule has 0 radical (unpaired) electrons. The van der Waals surface area contributed by atoms with Crippen LogP contribution in [0.4, 0.5) is 0 Å². The summed E-state index contributed by atoms with van der Waals surface area (Å²) in [6, 6.07) is -0.619. The van der Waals surface area contributed by atoms with E-state index in [4.69, 9.17) is 5.11 Å². The number of amides is 1. The van der Waals surface area contributed by atoms with Gasteiger partial charge in [0.1, 0.15) is 6.04 Å². The van der Waals surface area contributed by atoms with Crippen LogP contribution in [-0.4, -0.2) is 34.5 Å². The van der Waals surface area contributed by atoms with Gasteiger partial charge >= 0.3 is 5.97 Å². The number of likely N-dealkylation sites (tertiary alicyclic amines) is 1. The molecule has 1 heterocycles. The fourth-order valence-electron chi connectivity index (χ4n) is 2.41. The van der Waals surface area contributed by atoms with Crippen LogP contribution >= 0.6 is 0 Å². The van der Waals surface area contributed by atoms with E-state index in [-0.39, 0.29) is 17.7 Å². The maximum atomic E-state index is 12.1. The third-order valence-electron chi connectivity index (χ3n) is 3.38. The number of hydrogen-bond acceptors (Lipinski definition) is 2. The molecule has 16 heavy (non-hydrogen) atoms. The Morgan fingerprint density at radius 1 is 1.50 bits per heavy atom. The lowest BCUT2D eigenvalue weighted by molar-refractivity contribution is -0.150. The molecule has 3 atom stereocenters. The fraction of sp³-hybridized carbons (Fsp3) is 0.833. The summed E-state index contributed by atoms with van der Waals surface area (Å²) in [6.45, 7) is 6.40. The molecular weight excluding hydrogens is 206 g/mol. The van der Waals surface area contributed by atoms with E-state index in [0.29, 0.717) is 6.54 Å². The Labute approximate surface area is 96.6 Å². The van der Waals surface area contributed by atoms with E-state index in [2.05, 4.69) is 0 Å². The van der Waals surface area contributed by atoms with Crippen molar-refractivity contribution in [3.8, 4) is 0 Å². The summed E-state index contributed by atoms with van der Waals surface area (Å²) in [6.07, 6.45) is 2.58. The molecule has 4 heteroatoms. The van der Waals surface area contributed by atoms with Crippen LogP contribution < -0.4 is 0 Å². The van der Waals surface area contributed by atoms with Crippen LogP contribution in [0.15, 0.2) is 0 Å². The Morgan fingerprint density at radius 3 is 2.62 bits per heavy atom. The lowest BCUT2D eigenvalue weighted by Gasteiger charge is -2.26. The summed E-state index contributed by atoms with van der Waals surface area (Å²) < 4.78 is 0. The van der Waals surface area contributed by atoms with Gasteiger partial charge in [0, 0.05) is 12.5 Å². The van der Waals surface area contributed by atoms with Crippen LogP contribution in [0.2, 0.25) is 0 Å². The van der Waals surface area contributed by atoms with E-state index >= 15 is 0 Å². The Hall–Kier alpha value is -1.06. The first-order valence-corrected chi connectivity index (χ1v) is 6.02. The highest BCUT2D eigenvalue weighted by molar-refractivity contribution is 5.85. The minimum atomic E-state index is -0.873. The maximum Gasteiger partial charge on any atom is 0.326 e. The molecule has 0 aromatic heterocycles. The van der Waals surface area contributed by atoms with E-state index in [9.17, 15) is 9.59 Å². The van der Waals surface area contributed by atoms with Gasteiger partial charge in [-0.25, -0.2) is 4.79 Å². The number of hydrogen-bond donors (Lipinski definition) is 1. The topological polar surface area (TPSA) is 57.6 Å². The van der Waals surface area contributed by atoms with Crippen molar-refractivity contribution in [1.29, 1.82) is 0 Å². The molecule has 1 N–H and O–H groups in total. The largest absolute Gasteiger partial charge is 0.480 e. The minimum Gasteiger partial charge on any atom is -0.480 e. The van der Waals surface area contributed by atoms with Gasteiger partial charge in [-0.2, -0.15) is 0 Å². The van der Waals surface area contributed by atoms with Gasteiger partial charge in [0.05, 0.1) is 0 Å². The molecule has 1 amide bonds. The summed E-state index contributed by atoms with van der Waals surface area (Å²) in [5, 5.41) is 9.12. The lowest BCUT2D eigenvalue weighted by atomic mass is 10.0. The third kappa shape index (κ3) is 2.54. The van der Waals surface area contributed by atoms with Gasteiger partial charge in [-0.15, -0.1) is 0 Å². The first kappa shape index (κ1) is 13.0. The molecule has 3 unspecified atom stereocenters. The number of aliphatic carboxylic acids is 1. The molecule has 92 valence electrons. The number of carbonyl (C=O) groups is 2. The molecule has 0 aromatic rings. The second-order valence-electron chi connectivity index (χ2n) is 4.77. The molecule has 1 saturated heterocycles. The highest BCUT2D eigenvalue weighted by Crippen LogP contribution is 2.26. The standard InChI is InChI=1S/C12H21NO3/c1-4-5-9(3)11(14)13-7-6-8(2)10(13)12(15)16/h8-10H,4-7H2,1-3H3,(H,15,16). The SMILES string of the molecule is CCCC(C)C(=O)N1CCC(C)C1C(=O)O. The molecule has 0 aromatic carbocycles. The van der Waals surface area contributed by atoms with Gasteiger partial charge in [-0.05, 0) is 18.8 Å². The van der Waals surface area contributed by atoms with Gasteiger partial charge in [0.2, 0.25) is 5.91 Å². The molecular formula is C12H21NO3. The number of nitrogens with zero attached hydrogens (tertiary/aromatic N) is 1. The second kappa shape index (κ2) is 5.32. The fourth-order valence-corrected chi connectivity index (χ4v) is 2.41. The number of carboxylic acid groups (broad SMARTS) is 1. The number of carboxylic acids is 1. The van der Waals surface area contributed by atoms with Gasteiger partial charge in [0.15, 0.2) is 0 Å². The van der Waals surface area contributed by atoms with Crippen molar-refractivity contribution in [2.75, 3.05) is 6.54 Å². The molecule has 0 aliphatic carbocycles. The summed E-state index contributed by atoms with van der Waals surface area (Å²) in [5.74, 6) is -0.868. The van der Waals surface area contributed by atoms with Gasteiger partial charge in [-0.3, -0.25) is 4.79 Å². The number of carbonyl (C=O) groups excluding carboxylic acids is 1. The van der Waals surface area contributed by atoms with Crippen LogP contribution in [0, 0.1) is 11.8 Å². The van der Waals surface area contributed by atoms with Crippen LogP contribution in [0.1, 0.15) is 40.0 Å². The van der Waals surface area contributed by atoms with Crippen molar-refractivity contribution in [3.05, 3.63) is 0 Å². The maximum absolute atomic E-state index is 12.1. The molecule has 0 bridgehead atoms. The monoisotopic (exact) mass is 227 g/mol. The molecule has 0 spiro atoms. The highest BCUT2D eigenvalue weighted by Gasteiger charge is 2.40. The Kier molecular flexibility index (Phi) is 4.33. The van der Waals surface area contributed by atoms with Crippen LogP contribution in [0.5, 0.6) is 0 Å². The normalized spacial score (nSPS) is 26.8. The average Bonchev–Trinajstić information content (AvgIpc) is 2.59. The Bertz CT molecular complexity index is 277. The second-order valence-corrected chi connectivity index (χ2v) is 4.77.